The molecular weight excluding hydrogens is 315 g/mol. The maximum Gasteiger partial charge on any atom is 0.336 e. The minimum Gasteiger partial charge on any atom is -0.508 e. The first-order valence-electron chi connectivity index (χ1n) is 3.32. The molecule has 0 saturated carbocycles. The predicted octanol–water partition coefficient (Wildman–Crippen LogP) is 0.789. The smallest absolute Gasteiger partial charge is 0.336 e. The Morgan fingerprint density at radius 2 is 1.50 bits per heavy atom. The summed E-state index contributed by atoms with van der Waals surface area (Å²) >= 11 is 0. The third-order valence-electron chi connectivity index (χ3n) is 1.46. The van der Waals surface area contributed by atoms with Gasteiger partial charge in [-0.2, -0.15) is 0 Å². The van der Waals surface area contributed by atoms with Gasteiger partial charge in [0.05, 0.1) is 11.1 Å². The summed E-state index contributed by atoms with van der Waals surface area (Å²) in [5, 5.41) is 26.0. The molecule has 0 aromatic heterocycles. The van der Waals surface area contributed by atoms with Crippen LogP contribution in [0.3, 0.4) is 0 Å². The standard InChI is InChI=1S/C8H6O5.La/c9-4-1-2-5(7(10)11)6(3-4)8(12)13;/h1-3,9H,(H,10,11)(H,12,13);. The molecule has 0 bridgehead atoms. The Hall–Kier alpha value is -0.845. The van der Waals surface area contributed by atoms with Crippen molar-refractivity contribution in [1.82, 2.24) is 0 Å². The van der Waals surface area contributed by atoms with E-state index in [0.717, 1.165) is 18.2 Å². The van der Waals surface area contributed by atoms with Gasteiger partial charge in [-0.15, -0.1) is 0 Å². The summed E-state index contributed by atoms with van der Waals surface area (Å²) in [6, 6.07) is 3.06. The summed E-state index contributed by atoms with van der Waals surface area (Å²) in [6.45, 7) is 0. The first kappa shape index (κ1) is 13.2. The number of phenols is 1. The minimum absolute atomic E-state index is 0. The van der Waals surface area contributed by atoms with Gasteiger partial charge in [0.15, 0.2) is 0 Å². The van der Waals surface area contributed by atoms with Gasteiger partial charge in [0.1, 0.15) is 5.75 Å². The largest absolute Gasteiger partial charge is 0.508 e. The molecule has 3 N–H and O–H groups in total. The van der Waals surface area contributed by atoms with Gasteiger partial charge in [-0.1, -0.05) is 0 Å². The second kappa shape index (κ2) is 5.14. The van der Waals surface area contributed by atoms with E-state index in [2.05, 4.69) is 0 Å². The van der Waals surface area contributed by atoms with Crippen LogP contribution in [0.4, 0.5) is 0 Å². The summed E-state index contributed by atoms with van der Waals surface area (Å²) in [6.07, 6.45) is 0. The van der Waals surface area contributed by atoms with E-state index < -0.39 is 17.5 Å². The Balaban J connectivity index is 0.00000169. The maximum absolute atomic E-state index is 10.5. The van der Waals surface area contributed by atoms with Crippen molar-refractivity contribution in [3.8, 4) is 5.75 Å². The summed E-state index contributed by atoms with van der Waals surface area (Å²) in [5.74, 6) is -2.99. The molecule has 1 aromatic carbocycles. The van der Waals surface area contributed by atoms with Crippen LogP contribution >= 0.6 is 0 Å². The molecule has 0 aliphatic carbocycles. The number of aromatic hydroxyl groups is 1. The van der Waals surface area contributed by atoms with Crippen molar-refractivity contribution in [3.63, 3.8) is 0 Å². The molecule has 14 heavy (non-hydrogen) atoms. The molecule has 0 heterocycles. The average molecular weight is 321 g/mol. The molecule has 0 unspecified atom stereocenters. The SMILES string of the molecule is O=C(O)c1ccc(O)cc1C(=O)O.[La]. The fraction of sp³-hybridized carbons (Fsp3) is 0. The second-order valence-corrected chi connectivity index (χ2v) is 2.34. The number of carboxylic acids is 2. The number of rotatable bonds is 2. The molecule has 1 radical (unpaired) electrons. The van der Waals surface area contributed by atoms with Gasteiger partial charge < -0.3 is 15.3 Å². The summed E-state index contributed by atoms with van der Waals surface area (Å²) in [5.41, 5.74) is -0.766. The Labute approximate surface area is 107 Å². The van der Waals surface area contributed by atoms with E-state index in [0.29, 0.717) is 0 Å². The van der Waals surface area contributed by atoms with Gasteiger partial charge in [0.25, 0.3) is 0 Å². The van der Waals surface area contributed by atoms with Gasteiger partial charge in [0.2, 0.25) is 0 Å². The Kier molecular flexibility index (Phi) is 4.83. The van der Waals surface area contributed by atoms with Crippen molar-refractivity contribution in [2.45, 2.75) is 0 Å². The number of carbonyl (C=O) groups is 2. The van der Waals surface area contributed by atoms with Crippen molar-refractivity contribution in [3.05, 3.63) is 29.3 Å². The monoisotopic (exact) mass is 321 g/mol. The third kappa shape index (κ3) is 2.83. The van der Waals surface area contributed by atoms with E-state index in [1.807, 2.05) is 0 Å². The van der Waals surface area contributed by atoms with Crippen LogP contribution in [0.2, 0.25) is 0 Å². The van der Waals surface area contributed by atoms with Crippen LogP contribution in [-0.2, 0) is 0 Å². The Bertz CT molecular complexity index is 374. The zero-order valence-electron chi connectivity index (χ0n) is 6.97. The van der Waals surface area contributed by atoms with E-state index in [4.69, 9.17) is 15.3 Å². The molecular formula is C8H6LaO5. The van der Waals surface area contributed by atoms with Crippen LogP contribution in [-0.4, -0.2) is 27.3 Å². The van der Waals surface area contributed by atoms with Crippen molar-refractivity contribution in [1.29, 1.82) is 0 Å². The summed E-state index contributed by atoms with van der Waals surface area (Å²) in [7, 11) is 0. The Morgan fingerprint density at radius 3 is 1.93 bits per heavy atom. The molecule has 5 nitrogen and oxygen atoms in total. The quantitative estimate of drug-likeness (QED) is 0.749. The summed E-state index contributed by atoms with van der Waals surface area (Å²) in [4.78, 5) is 21.0. The van der Waals surface area contributed by atoms with Gasteiger partial charge in [0, 0.05) is 35.6 Å². The zero-order valence-corrected chi connectivity index (χ0v) is 10.6. The van der Waals surface area contributed by atoms with Crippen molar-refractivity contribution in [2.24, 2.45) is 0 Å². The van der Waals surface area contributed by atoms with Crippen molar-refractivity contribution in [2.75, 3.05) is 0 Å². The molecule has 6 heteroatoms. The fourth-order valence-electron chi connectivity index (χ4n) is 0.896. The first-order chi connectivity index (χ1) is 6.02. The number of carboxylic acid groups (broad SMARTS) is 2. The fourth-order valence-corrected chi connectivity index (χ4v) is 0.896. The number of benzene rings is 1. The van der Waals surface area contributed by atoms with Crippen LogP contribution < -0.4 is 0 Å². The molecule has 0 aliphatic rings. The molecule has 71 valence electrons. The number of phenolic OH excluding ortho intramolecular Hbond substituents is 1. The second-order valence-electron chi connectivity index (χ2n) is 2.34. The van der Waals surface area contributed by atoms with Gasteiger partial charge in [-0.3, -0.25) is 0 Å². The maximum atomic E-state index is 10.5. The van der Waals surface area contributed by atoms with Crippen LogP contribution in [0.5, 0.6) is 5.75 Å². The molecule has 0 fully saturated rings. The first-order valence-corrected chi connectivity index (χ1v) is 3.32. The van der Waals surface area contributed by atoms with Crippen molar-refractivity contribution < 1.29 is 60.5 Å². The van der Waals surface area contributed by atoms with Crippen LogP contribution in [0.15, 0.2) is 18.2 Å². The average Bonchev–Trinajstić information content (AvgIpc) is 2.03. The number of hydrogen-bond acceptors (Lipinski definition) is 3. The minimum atomic E-state index is -1.38. The van der Waals surface area contributed by atoms with E-state index >= 15 is 0 Å². The van der Waals surface area contributed by atoms with Crippen LogP contribution in [0.25, 0.3) is 0 Å². The van der Waals surface area contributed by atoms with E-state index in [1.165, 1.54) is 0 Å². The van der Waals surface area contributed by atoms with E-state index in [-0.39, 0.29) is 46.9 Å². The van der Waals surface area contributed by atoms with E-state index in [9.17, 15) is 9.59 Å². The normalized spacial score (nSPS) is 8.86. The van der Waals surface area contributed by atoms with Crippen molar-refractivity contribution >= 4 is 11.9 Å². The molecule has 0 aliphatic heterocycles. The third-order valence-corrected chi connectivity index (χ3v) is 1.46. The molecule has 0 atom stereocenters. The van der Waals surface area contributed by atoms with E-state index in [1.54, 1.807) is 0 Å². The van der Waals surface area contributed by atoms with Crippen LogP contribution in [0, 0.1) is 35.6 Å². The molecule has 0 spiro atoms. The molecule has 0 saturated heterocycles. The zero-order chi connectivity index (χ0) is 10.0. The number of hydrogen-bond donors (Lipinski definition) is 3. The van der Waals surface area contributed by atoms with Crippen LogP contribution in [0.1, 0.15) is 20.7 Å². The predicted molar refractivity (Wildman–Crippen MR) is 42.0 cm³/mol. The van der Waals surface area contributed by atoms with Gasteiger partial charge >= 0.3 is 11.9 Å². The topological polar surface area (TPSA) is 94.8 Å². The number of aromatic carboxylic acids is 2. The molecule has 1 rings (SSSR count). The van der Waals surface area contributed by atoms with Gasteiger partial charge in [-0.25, -0.2) is 9.59 Å². The Morgan fingerprint density at radius 1 is 1.00 bits per heavy atom. The summed E-state index contributed by atoms with van der Waals surface area (Å²) < 4.78 is 0. The van der Waals surface area contributed by atoms with Gasteiger partial charge in [-0.05, 0) is 18.2 Å². The molecule has 1 aromatic rings. The molecule has 0 amide bonds.